The topological polar surface area (TPSA) is 43.8 Å². The second-order valence-electron chi connectivity index (χ2n) is 4.43. The molecule has 0 spiro atoms. The number of aryl methyl sites for hydroxylation is 1. The molecule has 0 bridgehead atoms. The Hall–Kier alpha value is -2.00. The summed E-state index contributed by atoms with van der Waals surface area (Å²) in [5.41, 5.74) is 9.55. The SMILES string of the molecule is CCn1c(-c2ccc(N)cc2)nc2ccc(Cl)cc21. The maximum absolute atomic E-state index is 6.07. The minimum absolute atomic E-state index is 0.728. The standard InChI is InChI=1S/C15H14ClN3/c1-2-19-14-9-11(16)5-8-13(14)18-15(19)10-3-6-12(17)7-4-10/h3-9H,2,17H2,1H3. The van der Waals surface area contributed by atoms with Crippen LogP contribution in [0, 0.1) is 0 Å². The van der Waals surface area contributed by atoms with Gasteiger partial charge in [-0.25, -0.2) is 4.98 Å². The maximum atomic E-state index is 6.07. The number of nitrogen functional groups attached to an aromatic ring is 1. The molecular weight excluding hydrogens is 258 g/mol. The fourth-order valence-electron chi connectivity index (χ4n) is 2.27. The van der Waals surface area contributed by atoms with Crippen molar-refractivity contribution in [3.63, 3.8) is 0 Å². The maximum Gasteiger partial charge on any atom is 0.141 e. The molecule has 0 fully saturated rings. The lowest BCUT2D eigenvalue weighted by molar-refractivity contribution is 0.796. The third kappa shape index (κ3) is 2.06. The average Bonchev–Trinajstić information content (AvgIpc) is 2.77. The van der Waals surface area contributed by atoms with E-state index in [0.717, 1.165) is 39.7 Å². The monoisotopic (exact) mass is 271 g/mol. The molecule has 0 saturated carbocycles. The zero-order chi connectivity index (χ0) is 13.4. The molecule has 1 heterocycles. The largest absolute Gasteiger partial charge is 0.399 e. The first-order valence-corrected chi connectivity index (χ1v) is 6.58. The van der Waals surface area contributed by atoms with Gasteiger partial charge in [0, 0.05) is 22.8 Å². The highest BCUT2D eigenvalue weighted by Gasteiger charge is 2.11. The quantitative estimate of drug-likeness (QED) is 0.717. The highest BCUT2D eigenvalue weighted by atomic mass is 35.5. The van der Waals surface area contributed by atoms with Crippen LogP contribution in [0.25, 0.3) is 22.4 Å². The van der Waals surface area contributed by atoms with E-state index in [4.69, 9.17) is 17.3 Å². The summed E-state index contributed by atoms with van der Waals surface area (Å²) in [6, 6.07) is 13.5. The number of nitrogens with two attached hydrogens (primary N) is 1. The van der Waals surface area contributed by atoms with Crippen LogP contribution >= 0.6 is 11.6 Å². The van der Waals surface area contributed by atoms with Crippen LogP contribution in [-0.4, -0.2) is 9.55 Å². The number of rotatable bonds is 2. The molecular formula is C15H14ClN3. The van der Waals surface area contributed by atoms with Crippen LogP contribution in [0.15, 0.2) is 42.5 Å². The molecule has 0 unspecified atom stereocenters. The molecule has 0 aliphatic carbocycles. The van der Waals surface area contributed by atoms with E-state index in [1.165, 1.54) is 0 Å². The predicted octanol–water partition coefficient (Wildman–Crippen LogP) is 3.96. The van der Waals surface area contributed by atoms with E-state index in [2.05, 4.69) is 16.5 Å². The number of anilines is 1. The predicted molar refractivity (Wildman–Crippen MR) is 80.3 cm³/mol. The van der Waals surface area contributed by atoms with E-state index in [-0.39, 0.29) is 0 Å². The Kier molecular flexibility index (Phi) is 2.91. The van der Waals surface area contributed by atoms with Crippen LogP contribution < -0.4 is 5.73 Å². The molecule has 0 amide bonds. The zero-order valence-corrected chi connectivity index (χ0v) is 11.4. The lowest BCUT2D eigenvalue weighted by atomic mass is 10.2. The van der Waals surface area contributed by atoms with Crippen molar-refractivity contribution in [1.82, 2.24) is 9.55 Å². The smallest absolute Gasteiger partial charge is 0.141 e. The molecule has 0 saturated heterocycles. The zero-order valence-electron chi connectivity index (χ0n) is 10.6. The van der Waals surface area contributed by atoms with Crippen molar-refractivity contribution in [1.29, 1.82) is 0 Å². The second kappa shape index (κ2) is 4.59. The van der Waals surface area contributed by atoms with Gasteiger partial charge in [-0.3, -0.25) is 0 Å². The molecule has 3 rings (SSSR count). The van der Waals surface area contributed by atoms with E-state index < -0.39 is 0 Å². The van der Waals surface area contributed by atoms with Crippen LogP contribution in [-0.2, 0) is 6.54 Å². The Balaban J connectivity index is 2.25. The van der Waals surface area contributed by atoms with Gasteiger partial charge in [0.15, 0.2) is 0 Å². The van der Waals surface area contributed by atoms with Gasteiger partial charge in [0.1, 0.15) is 5.82 Å². The van der Waals surface area contributed by atoms with E-state index in [1.54, 1.807) is 0 Å². The summed E-state index contributed by atoms with van der Waals surface area (Å²) >= 11 is 6.07. The second-order valence-corrected chi connectivity index (χ2v) is 4.87. The first kappa shape index (κ1) is 12.1. The van der Waals surface area contributed by atoms with Crippen LogP contribution in [0.2, 0.25) is 5.02 Å². The van der Waals surface area contributed by atoms with E-state index in [9.17, 15) is 0 Å². The summed E-state index contributed by atoms with van der Waals surface area (Å²) in [6.07, 6.45) is 0. The Morgan fingerprint density at radius 2 is 1.89 bits per heavy atom. The van der Waals surface area contributed by atoms with Crippen molar-refractivity contribution < 1.29 is 0 Å². The summed E-state index contributed by atoms with van der Waals surface area (Å²) in [4.78, 5) is 4.69. The van der Waals surface area contributed by atoms with Crippen LogP contribution in [0.3, 0.4) is 0 Å². The summed E-state index contributed by atoms with van der Waals surface area (Å²) in [5.74, 6) is 0.944. The lowest BCUT2D eigenvalue weighted by Crippen LogP contribution is -1.97. The Labute approximate surface area is 116 Å². The molecule has 4 heteroatoms. The average molecular weight is 272 g/mol. The van der Waals surface area contributed by atoms with Gasteiger partial charge in [-0.05, 0) is 49.4 Å². The fourth-order valence-corrected chi connectivity index (χ4v) is 2.43. The minimum Gasteiger partial charge on any atom is -0.399 e. The third-order valence-corrected chi connectivity index (χ3v) is 3.43. The normalized spacial score (nSPS) is 11.1. The highest BCUT2D eigenvalue weighted by molar-refractivity contribution is 6.31. The van der Waals surface area contributed by atoms with Gasteiger partial charge in [0.2, 0.25) is 0 Å². The number of fused-ring (bicyclic) bond motifs is 1. The van der Waals surface area contributed by atoms with Gasteiger partial charge >= 0.3 is 0 Å². The summed E-state index contributed by atoms with van der Waals surface area (Å²) in [7, 11) is 0. The first-order chi connectivity index (χ1) is 9.19. The van der Waals surface area contributed by atoms with E-state index in [0.29, 0.717) is 0 Å². The Morgan fingerprint density at radius 3 is 2.58 bits per heavy atom. The minimum atomic E-state index is 0.728. The van der Waals surface area contributed by atoms with Crippen molar-refractivity contribution in [2.75, 3.05) is 5.73 Å². The molecule has 2 N–H and O–H groups in total. The van der Waals surface area contributed by atoms with Gasteiger partial charge in [0.05, 0.1) is 11.0 Å². The molecule has 96 valence electrons. The van der Waals surface area contributed by atoms with Gasteiger partial charge < -0.3 is 10.3 Å². The molecule has 1 aromatic heterocycles. The number of hydrogen-bond donors (Lipinski definition) is 1. The van der Waals surface area contributed by atoms with Crippen LogP contribution in [0.5, 0.6) is 0 Å². The van der Waals surface area contributed by atoms with Crippen molar-refractivity contribution in [2.24, 2.45) is 0 Å². The summed E-state index contributed by atoms with van der Waals surface area (Å²) in [6.45, 7) is 2.94. The summed E-state index contributed by atoms with van der Waals surface area (Å²) < 4.78 is 2.16. The fraction of sp³-hybridized carbons (Fsp3) is 0.133. The van der Waals surface area contributed by atoms with Crippen molar-refractivity contribution in [3.05, 3.63) is 47.5 Å². The van der Waals surface area contributed by atoms with E-state index >= 15 is 0 Å². The van der Waals surface area contributed by atoms with Gasteiger partial charge in [0.25, 0.3) is 0 Å². The van der Waals surface area contributed by atoms with Crippen molar-refractivity contribution in [2.45, 2.75) is 13.5 Å². The van der Waals surface area contributed by atoms with Crippen LogP contribution in [0.4, 0.5) is 5.69 Å². The van der Waals surface area contributed by atoms with Gasteiger partial charge in [-0.2, -0.15) is 0 Å². The number of halogens is 1. The summed E-state index contributed by atoms with van der Waals surface area (Å²) in [5, 5.41) is 0.728. The number of benzene rings is 2. The molecule has 19 heavy (non-hydrogen) atoms. The molecule has 0 aliphatic rings. The Morgan fingerprint density at radius 1 is 1.16 bits per heavy atom. The first-order valence-electron chi connectivity index (χ1n) is 6.20. The van der Waals surface area contributed by atoms with Crippen molar-refractivity contribution >= 4 is 28.3 Å². The highest BCUT2D eigenvalue weighted by Crippen LogP contribution is 2.27. The van der Waals surface area contributed by atoms with E-state index in [1.807, 2.05) is 42.5 Å². The molecule has 0 radical (unpaired) electrons. The number of nitrogens with zero attached hydrogens (tertiary/aromatic N) is 2. The number of hydrogen-bond acceptors (Lipinski definition) is 2. The molecule has 3 aromatic rings. The number of aromatic nitrogens is 2. The molecule has 2 aromatic carbocycles. The molecule has 3 nitrogen and oxygen atoms in total. The van der Waals surface area contributed by atoms with Crippen LogP contribution in [0.1, 0.15) is 6.92 Å². The molecule has 0 aliphatic heterocycles. The van der Waals surface area contributed by atoms with Crippen molar-refractivity contribution in [3.8, 4) is 11.4 Å². The third-order valence-electron chi connectivity index (χ3n) is 3.20. The molecule has 0 atom stereocenters. The number of imidazole rings is 1. The van der Waals surface area contributed by atoms with Gasteiger partial charge in [-0.15, -0.1) is 0 Å². The van der Waals surface area contributed by atoms with Gasteiger partial charge in [-0.1, -0.05) is 11.6 Å². The Bertz CT molecular complexity index is 729. The lowest BCUT2D eigenvalue weighted by Gasteiger charge is -2.06.